The molecule has 1 aliphatic heterocycles. The van der Waals surface area contributed by atoms with Gasteiger partial charge in [-0.15, -0.1) is 0 Å². The Morgan fingerprint density at radius 2 is 1.94 bits per heavy atom. The highest BCUT2D eigenvalue weighted by Gasteiger charge is 2.18. The van der Waals surface area contributed by atoms with Crippen LogP contribution in [0.2, 0.25) is 0 Å². The molecular weight excluding hydrogens is 208 g/mol. The number of piperidine rings is 1. The molecule has 2 rings (SSSR count). The predicted molar refractivity (Wildman–Crippen MR) is 73.0 cm³/mol. The molecule has 1 aromatic carbocycles. The maximum atomic E-state index is 5.72. The first-order valence-corrected chi connectivity index (χ1v) is 6.67. The van der Waals surface area contributed by atoms with Crippen molar-refractivity contribution in [2.75, 3.05) is 19.6 Å². The van der Waals surface area contributed by atoms with Gasteiger partial charge in [0.05, 0.1) is 0 Å². The zero-order valence-electron chi connectivity index (χ0n) is 11.1. The molecular formula is C15H24N2. The summed E-state index contributed by atoms with van der Waals surface area (Å²) in [5.74, 6) is 0.755. The first-order valence-electron chi connectivity index (χ1n) is 6.67. The lowest BCUT2D eigenvalue weighted by Crippen LogP contribution is -2.35. The monoisotopic (exact) mass is 232 g/mol. The molecule has 17 heavy (non-hydrogen) atoms. The van der Waals surface area contributed by atoms with Gasteiger partial charge in [0.15, 0.2) is 0 Å². The molecule has 1 saturated heterocycles. The van der Waals surface area contributed by atoms with Crippen LogP contribution in [0.4, 0.5) is 0 Å². The molecule has 0 aromatic heterocycles. The maximum Gasteiger partial charge on any atom is 0.0236 e. The van der Waals surface area contributed by atoms with E-state index in [0.29, 0.717) is 0 Å². The van der Waals surface area contributed by atoms with E-state index in [1.807, 2.05) is 0 Å². The fourth-order valence-electron chi connectivity index (χ4n) is 2.64. The summed E-state index contributed by atoms with van der Waals surface area (Å²) in [6, 6.07) is 6.77. The molecule has 0 amide bonds. The van der Waals surface area contributed by atoms with Gasteiger partial charge in [0.1, 0.15) is 0 Å². The highest BCUT2D eigenvalue weighted by molar-refractivity contribution is 5.30. The largest absolute Gasteiger partial charge is 0.330 e. The van der Waals surface area contributed by atoms with E-state index in [2.05, 4.69) is 36.9 Å². The summed E-state index contributed by atoms with van der Waals surface area (Å²) in [6.45, 7) is 8.74. The Labute approximate surface area is 105 Å². The second kappa shape index (κ2) is 5.65. The quantitative estimate of drug-likeness (QED) is 0.867. The van der Waals surface area contributed by atoms with E-state index in [1.165, 1.54) is 42.6 Å². The molecule has 0 saturated carbocycles. The van der Waals surface area contributed by atoms with Gasteiger partial charge >= 0.3 is 0 Å². The predicted octanol–water partition coefficient (Wildman–Crippen LogP) is 2.47. The Balaban J connectivity index is 1.93. The van der Waals surface area contributed by atoms with Crippen molar-refractivity contribution in [1.82, 2.24) is 4.90 Å². The maximum absolute atomic E-state index is 5.72. The topological polar surface area (TPSA) is 29.3 Å². The van der Waals surface area contributed by atoms with Crippen LogP contribution >= 0.6 is 0 Å². The number of benzene rings is 1. The van der Waals surface area contributed by atoms with Crippen LogP contribution in [-0.2, 0) is 6.54 Å². The molecule has 0 unspecified atom stereocenters. The number of likely N-dealkylation sites (tertiary alicyclic amines) is 1. The van der Waals surface area contributed by atoms with Gasteiger partial charge in [-0.05, 0) is 63.4 Å². The molecule has 1 aliphatic rings. The lowest BCUT2D eigenvalue weighted by atomic mass is 9.96. The van der Waals surface area contributed by atoms with E-state index in [4.69, 9.17) is 5.73 Å². The highest BCUT2D eigenvalue weighted by atomic mass is 15.1. The minimum Gasteiger partial charge on any atom is -0.330 e. The third-order valence-corrected chi connectivity index (χ3v) is 3.93. The van der Waals surface area contributed by atoms with Crippen molar-refractivity contribution in [3.8, 4) is 0 Å². The van der Waals surface area contributed by atoms with Gasteiger partial charge in [0.2, 0.25) is 0 Å². The van der Waals surface area contributed by atoms with Crippen molar-refractivity contribution < 1.29 is 0 Å². The minimum absolute atomic E-state index is 0.755. The van der Waals surface area contributed by atoms with E-state index in [-0.39, 0.29) is 0 Å². The number of nitrogens with two attached hydrogens (primary N) is 1. The summed E-state index contributed by atoms with van der Waals surface area (Å²) in [5.41, 5.74) is 9.97. The Kier molecular flexibility index (Phi) is 4.19. The molecule has 0 spiro atoms. The van der Waals surface area contributed by atoms with Crippen LogP contribution < -0.4 is 5.73 Å². The standard InChI is InChI=1S/C15H24N2/c1-12-3-4-15(13(2)9-12)11-17-7-5-14(10-16)6-8-17/h3-4,9,14H,5-8,10-11,16H2,1-2H3. The van der Waals surface area contributed by atoms with Crippen molar-refractivity contribution >= 4 is 0 Å². The molecule has 1 aromatic rings. The van der Waals surface area contributed by atoms with E-state index >= 15 is 0 Å². The summed E-state index contributed by atoms with van der Waals surface area (Å²) in [5, 5.41) is 0. The zero-order chi connectivity index (χ0) is 12.3. The Hall–Kier alpha value is -0.860. The molecule has 1 fully saturated rings. The smallest absolute Gasteiger partial charge is 0.0236 e. The minimum atomic E-state index is 0.755. The fourth-order valence-corrected chi connectivity index (χ4v) is 2.64. The van der Waals surface area contributed by atoms with Crippen molar-refractivity contribution in [2.24, 2.45) is 11.7 Å². The van der Waals surface area contributed by atoms with Crippen LogP contribution in [0, 0.1) is 19.8 Å². The van der Waals surface area contributed by atoms with Crippen LogP contribution in [0.1, 0.15) is 29.5 Å². The van der Waals surface area contributed by atoms with Gasteiger partial charge < -0.3 is 5.73 Å². The van der Waals surface area contributed by atoms with E-state index in [9.17, 15) is 0 Å². The second-order valence-corrected chi connectivity index (χ2v) is 5.39. The summed E-state index contributed by atoms with van der Waals surface area (Å²) >= 11 is 0. The van der Waals surface area contributed by atoms with Gasteiger partial charge in [0.25, 0.3) is 0 Å². The zero-order valence-corrected chi connectivity index (χ0v) is 11.1. The van der Waals surface area contributed by atoms with Crippen molar-refractivity contribution in [2.45, 2.75) is 33.2 Å². The highest BCUT2D eigenvalue weighted by Crippen LogP contribution is 2.19. The fraction of sp³-hybridized carbons (Fsp3) is 0.600. The van der Waals surface area contributed by atoms with Gasteiger partial charge in [-0.25, -0.2) is 0 Å². The summed E-state index contributed by atoms with van der Waals surface area (Å²) in [7, 11) is 0. The molecule has 0 bridgehead atoms. The average Bonchev–Trinajstić information content (AvgIpc) is 2.34. The van der Waals surface area contributed by atoms with Crippen molar-refractivity contribution in [3.63, 3.8) is 0 Å². The second-order valence-electron chi connectivity index (χ2n) is 5.39. The molecule has 0 atom stereocenters. The number of aryl methyl sites for hydroxylation is 2. The van der Waals surface area contributed by atoms with Crippen LogP contribution in [0.25, 0.3) is 0 Å². The third kappa shape index (κ3) is 3.30. The van der Waals surface area contributed by atoms with Crippen molar-refractivity contribution in [1.29, 1.82) is 0 Å². The van der Waals surface area contributed by atoms with E-state index in [0.717, 1.165) is 19.0 Å². The van der Waals surface area contributed by atoms with E-state index in [1.54, 1.807) is 0 Å². The third-order valence-electron chi connectivity index (χ3n) is 3.93. The molecule has 2 heteroatoms. The van der Waals surface area contributed by atoms with Crippen molar-refractivity contribution in [3.05, 3.63) is 34.9 Å². The summed E-state index contributed by atoms with van der Waals surface area (Å²) in [4.78, 5) is 2.56. The van der Waals surface area contributed by atoms with Crippen LogP contribution in [-0.4, -0.2) is 24.5 Å². The molecule has 0 radical (unpaired) electrons. The number of rotatable bonds is 3. The van der Waals surface area contributed by atoms with Gasteiger partial charge in [-0.1, -0.05) is 23.8 Å². The molecule has 2 N–H and O–H groups in total. The van der Waals surface area contributed by atoms with Crippen LogP contribution in [0.3, 0.4) is 0 Å². The molecule has 94 valence electrons. The Bertz CT molecular complexity index is 365. The Morgan fingerprint density at radius 1 is 1.24 bits per heavy atom. The number of hydrogen-bond donors (Lipinski definition) is 1. The molecule has 1 heterocycles. The first kappa shape index (κ1) is 12.6. The van der Waals surface area contributed by atoms with Crippen LogP contribution in [0.15, 0.2) is 18.2 Å². The average molecular weight is 232 g/mol. The first-order chi connectivity index (χ1) is 8.19. The van der Waals surface area contributed by atoms with Gasteiger partial charge in [-0.3, -0.25) is 4.90 Å². The molecule has 0 aliphatic carbocycles. The van der Waals surface area contributed by atoms with Gasteiger partial charge in [-0.2, -0.15) is 0 Å². The molecule has 2 nitrogen and oxygen atoms in total. The SMILES string of the molecule is Cc1ccc(CN2CCC(CN)CC2)c(C)c1. The Morgan fingerprint density at radius 3 is 2.53 bits per heavy atom. The van der Waals surface area contributed by atoms with E-state index < -0.39 is 0 Å². The lowest BCUT2D eigenvalue weighted by Gasteiger charge is -2.31. The van der Waals surface area contributed by atoms with Gasteiger partial charge in [0, 0.05) is 6.54 Å². The van der Waals surface area contributed by atoms with Crippen LogP contribution in [0.5, 0.6) is 0 Å². The number of nitrogens with zero attached hydrogens (tertiary/aromatic N) is 1. The normalized spacial score (nSPS) is 18.5. The number of hydrogen-bond acceptors (Lipinski definition) is 2. The lowest BCUT2D eigenvalue weighted by molar-refractivity contribution is 0.180. The summed E-state index contributed by atoms with van der Waals surface area (Å²) in [6.07, 6.45) is 2.53. The summed E-state index contributed by atoms with van der Waals surface area (Å²) < 4.78 is 0.